The van der Waals surface area contributed by atoms with Gasteiger partial charge in [-0.3, -0.25) is 29.4 Å². The van der Waals surface area contributed by atoms with Gasteiger partial charge in [-0.1, -0.05) is 97.1 Å². The molecule has 1 fully saturated rings. The van der Waals surface area contributed by atoms with Crippen LogP contribution in [0, 0.1) is 0 Å². The van der Waals surface area contributed by atoms with E-state index >= 15 is 0 Å². The van der Waals surface area contributed by atoms with E-state index in [0.717, 1.165) is 21.6 Å². The highest BCUT2D eigenvalue weighted by molar-refractivity contribution is 6.25. The van der Waals surface area contributed by atoms with Crippen LogP contribution in [0.2, 0.25) is 0 Å². The molecule has 282 valence electrons. The summed E-state index contributed by atoms with van der Waals surface area (Å²) in [5.41, 5.74) is 3.26. The molecule has 6 rings (SSSR count). The van der Waals surface area contributed by atoms with Gasteiger partial charge in [-0.25, -0.2) is 0 Å². The van der Waals surface area contributed by atoms with Crippen molar-refractivity contribution >= 4 is 29.3 Å². The molecule has 1 saturated heterocycles. The van der Waals surface area contributed by atoms with Gasteiger partial charge < -0.3 is 29.0 Å². The molecule has 0 spiro atoms. The molecule has 0 bridgehead atoms. The molecule has 4 aromatic rings. The summed E-state index contributed by atoms with van der Waals surface area (Å²) in [6, 6.07) is 34.6. The minimum absolute atomic E-state index is 0.0667. The van der Waals surface area contributed by atoms with Gasteiger partial charge in [0, 0.05) is 18.7 Å². The summed E-state index contributed by atoms with van der Waals surface area (Å²) in [5, 5.41) is 5.36. The van der Waals surface area contributed by atoms with Crippen LogP contribution in [0.5, 0.6) is 0 Å². The Kier molecular flexibility index (Phi) is 13.7. The van der Waals surface area contributed by atoms with Gasteiger partial charge >= 0.3 is 0 Å². The zero-order valence-electron chi connectivity index (χ0n) is 30.1. The third kappa shape index (κ3) is 9.09. The maximum atomic E-state index is 13.2. The second kappa shape index (κ2) is 19.2. The van der Waals surface area contributed by atoms with E-state index in [0.29, 0.717) is 71.7 Å². The van der Waals surface area contributed by atoms with Gasteiger partial charge in [-0.15, -0.1) is 0 Å². The number of anilines is 1. The van der Waals surface area contributed by atoms with Crippen LogP contribution in [0.1, 0.15) is 50.2 Å². The lowest BCUT2D eigenvalue weighted by molar-refractivity contribution is -0.136. The van der Waals surface area contributed by atoms with Crippen molar-refractivity contribution in [1.29, 1.82) is 0 Å². The Morgan fingerprint density at radius 3 is 1.61 bits per heavy atom. The first-order chi connectivity index (χ1) is 26.5. The highest BCUT2D eigenvalue weighted by atomic mass is 16.6. The van der Waals surface area contributed by atoms with E-state index in [1.54, 1.807) is 18.2 Å². The summed E-state index contributed by atoms with van der Waals surface area (Å²) in [7, 11) is 0. The molecule has 2 N–H and O–H groups in total. The second-order valence-electron chi connectivity index (χ2n) is 12.7. The number of nitrogens with one attached hydrogen (secondary N) is 2. The lowest BCUT2D eigenvalue weighted by atomic mass is 9.80. The van der Waals surface area contributed by atoms with Gasteiger partial charge in [0.05, 0.1) is 70.6 Å². The number of nitrogens with zero attached hydrogens (tertiary/aromatic N) is 1. The summed E-state index contributed by atoms with van der Waals surface area (Å²) in [5.74, 6) is -2.16. The molecule has 12 heteroatoms. The zero-order valence-corrected chi connectivity index (χ0v) is 30.1. The Balaban J connectivity index is 0.833. The molecule has 4 aromatic carbocycles. The third-order valence-electron chi connectivity index (χ3n) is 9.23. The van der Waals surface area contributed by atoms with Crippen molar-refractivity contribution in [3.63, 3.8) is 0 Å². The number of fused-ring (bicyclic) bond motifs is 1. The number of hydrogen-bond donors (Lipinski definition) is 2. The Hall–Kier alpha value is -5.24. The number of carbonyl (C=O) groups excluding carboxylic acids is 4. The van der Waals surface area contributed by atoms with E-state index in [2.05, 4.69) is 47.0 Å². The molecule has 12 nitrogen and oxygen atoms in total. The van der Waals surface area contributed by atoms with Crippen LogP contribution in [0.4, 0.5) is 5.69 Å². The van der Waals surface area contributed by atoms with Crippen molar-refractivity contribution in [3.05, 3.63) is 137 Å². The predicted octanol–water partition coefficient (Wildman–Crippen LogP) is 4.57. The van der Waals surface area contributed by atoms with Gasteiger partial charge in [0.15, 0.2) is 0 Å². The summed E-state index contributed by atoms with van der Waals surface area (Å²) in [4.78, 5) is 51.1. The van der Waals surface area contributed by atoms with Gasteiger partial charge in [0.25, 0.3) is 11.8 Å². The topological polar surface area (TPSA) is 142 Å². The number of piperidine rings is 1. The Morgan fingerprint density at radius 1 is 0.593 bits per heavy atom. The molecule has 2 heterocycles. The fourth-order valence-electron chi connectivity index (χ4n) is 6.70. The number of imide groups is 2. The van der Waals surface area contributed by atoms with Crippen molar-refractivity contribution in [2.75, 3.05) is 71.3 Å². The SMILES string of the molecule is O=C1CCC(N2C(=O)c3cccc(NCCOCCOCCOCCOCCOC(c4ccccc4)(c4ccccc4)c4ccccc4)c3C2=O)C(=O)N1. The quantitative estimate of drug-likeness (QED) is 0.0710. The van der Waals surface area contributed by atoms with Gasteiger partial charge in [0.2, 0.25) is 11.8 Å². The Bertz CT molecular complexity index is 1760. The molecule has 1 atom stereocenters. The van der Waals surface area contributed by atoms with Crippen molar-refractivity contribution < 1.29 is 42.9 Å². The average molecular weight is 736 g/mol. The maximum absolute atomic E-state index is 13.2. The first kappa shape index (κ1) is 38.5. The first-order valence-electron chi connectivity index (χ1n) is 18.2. The average Bonchev–Trinajstić information content (AvgIpc) is 3.46. The van der Waals surface area contributed by atoms with E-state index in [1.807, 2.05) is 54.6 Å². The molecule has 4 amide bonds. The van der Waals surface area contributed by atoms with Crippen molar-refractivity contribution in [1.82, 2.24) is 10.2 Å². The van der Waals surface area contributed by atoms with Crippen molar-refractivity contribution in [2.24, 2.45) is 0 Å². The largest absolute Gasteiger partial charge is 0.382 e. The molecule has 1 unspecified atom stereocenters. The lowest BCUT2D eigenvalue weighted by Crippen LogP contribution is -2.54. The van der Waals surface area contributed by atoms with E-state index in [9.17, 15) is 19.2 Å². The predicted molar refractivity (Wildman–Crippen MR) is 200 cm³/mol. The number of benzene rings is 4. The fraction of sp³-hybridized carbons (Fsp3) is 0.333. The molecule has 2 aliphatic rings. The molecule has 0 saturated carbocycles. The summed E-state index contributed by atoms with van der Waals surface area (Å²) < 4.78 is 29.5. The van der Waals surface area contributed by atoms with Crippen LogP contribution >= 0.6 is 0 Å². The smallest absolute Gasteiger partial charge is 0.264 e. The first-order valence-corrected chi connectivity index (χ1v) is 18.2. The monoisotopic (exact) mass is 735 g/mol. The van der Waals surface area contributed by atoms with Crippen LogP contribution in [-0.4, -0.2) is 101 Å². The summed E-state index contributed by atoms with van der Waals surface area (Å²) in [6.45, 7) is 3.95. The van der Waals surface area contributed by atoms with E-state index in [-0.39, 0.29) is 24.0 Å². The second-order valence-corrected chi connectivity index (χ2v) is 12.7. The van der Waals surface area contributed by atoms with E-state index in [4.69, 9.17) is 23.7 Å². The minimum atomic E-state index is -1.01. The van der Waals surface area contributed by atoms with Crippen LogP contribution in [0.25, 0.3) is 0 Å². The van der Waals surface area contributed by atoms with Crippen LogP contribution in [0.3, 0.4) is 0 Å². The Morgan fingerprint density at radius 2 is 1.09 bits per heavy atom. The van der Waals surface area contributed by atoms with Crippen LogP contribution in [-0.2, 0) is 38.9 Å². The number of amides is 4. The fourth-order valence-corrected chi connectivity index (χ4v) is 6.70. The molecular weight excluding hydrogens is 690 g/mol. The molecule has 54 heavy (non-hydrogen) atoms. The maximum Gasteiger partial charge on any atom is 0.264 e. The molecule has 2 aliphatic heterocycles. The van der Waals surface area contributed by atoms with Crippen LogP contribution in [0.15, 0.2) is 109 Å². The molecule has 0 aliphatic carbocycles. The van der Waals surface area contributed by atoms with Crippen molar-refractivity contribution in [2.45, 2.75) is 24.5 Å². The van der Waals surface area contributed by atoms with Crippen molar-refractivity contribution in [3.8, 4) is 0 Å². The van der Waals surface area contributed by atoms with Gasteiger partial charge in [0.1, 0.15) is 11.6 Å². The summed E-state index contributed by atoms with van der Waals surface area (Å²) >= 11 is 0. The highest BCUT2D eigenvalue weighted by Crippen LogP contribution is 2.40. The number of hydrogen-bond acceptors (Lipinski definition) is 10. The minimum Gasteiger partial charge on any atom is -0.382 e. The number of carbonyl (C=O) groups is 4. The normalized spacial score (nSPS) is 15.7. The Labute approximate surface area is 314 Å². The molecular formula is C42H45N3O9. The standard InChI is InChI=1S/C42H45N3O9/c46-37-20-19-36(39(47)44-37)45-40(48)34-17-10-18-35(38(34)41(45)49)43-21-22-50-23-24-51-25-26-52-27-28-53-29-30-54-42(31-11-4-1-5-12-31,32-13-6-2-7-14-32)33-15-8-3-9-16-33/h1-18,36,43H,19-30H2,(H,44,46,47). The molecule has 0 radical (unpaired) electrons. The molecule has 0 aromatic heterocycles. The highest BCUT2D eigenvalue weighted by Gasteiger charge is 2.45. The van der Waals surface area contributed by atoms with Gasteiger partial charge in [-0.05, 0) is 35.2 Å². The third-order valence-corrected chi connectivity index (χ3v) is 9.23. The van der Waals surface area contributed by atoms with Crippen LogP contribution < -0.4 is 10.6 Å². The zero-order chi connectivity index (χ0) is 37.6. The number of rotatable bonds is 21. The van der Waals surface area contributed by atoms with Gasteiger partial charge in [-0.2, -0.15) is 0 Å². The van der Waals surface area contributed by atoms with E-state index in [1.165, 1.54) is 0 Å². The summed E-state index contributed by atoms with van der Waals surface area (Å²) in [6.07, 6.45) is 0.171. The number of ether oxygens (including phenoxy) is 5. The lowest BCUT2D eigenvalue weighted by Gasteiger charge is -2.36. The van der Waals surface area contributed by atoms with E-state index < -0.39 is 35.3 Å².